The quantitative estimate of drug-likeness (QED) is 0.803. The first-order valence-electron chi connectivity index (χ1n) is 5.30. The Balaban J connectivity index is 2.23. The van der Waals surface area contributed by atoms with Gasteiger partial charge in [0.15, 0.2) is 11.5 Å². The molecule has 0 bridgehead atoms. The van der Waals surface area contributed by atoms with Crippen molar-refractivity contribution in [3.05, 3.63) is 29.3 Å². The molecule has 1 atom stereocenters. The zero-order chi connectivity index (χ0) is 11.5. The van der Waals surface area contributed by atoms with E-state index in [-0.39, 0.29) is 6.04 Å². The Morgan fingerprint density at radius 3 is 2.94 bits per heavy atom. The molecule has 5 heteroatoms. The summed E-state index contributed by atoms with van der Waals surface area (Å²) in [5.74, 6) is -2.10. The number of piperidine rings is 1. The van der Waals surface area contributed by atoms with Crippen LogP contribution in [0.2, 0.25) is 0 Å². The summed E-state index contributed by atoms with van der Waals surface area (Å²) in [6, 6.07) is 1.36. The fourth-order valence-corrected chi connectivity index (χ4v) is 1.94. The Labute approximate surface area is 92.5 Å². The fraction of sp³-hybridized carbons (Fsp3) is 0.455. The van der Waals surface area contributed by atoms with Gasteiger partial charge in [0.1, 0.15) is 0 Å². The second-order valence-corrected chi connectivity index (χ2v) is 3.91. The molecule has 2 rings (SSSR count). The molecule has 2 N–H and O–H groups in total. The highest BCUT2D eigenvalue weighted by Gasteiger charge is 2.18. The molecule has 1 saturated heterocycles. The van der Waals surface area contributed by atoms with Crippen LogP contribution in [0.1, 0.15) is 41.4 Å². The molecular formula is C11H13FN2O2. The average molecular weight is 224 g/mol. The van der Waals surface area contributed by atoms with Gasteiger partial charge in [0, 0.05) is 12.2 Å². The fourth-order valence-electron chi connectivity index (χ4n) is 1.94. The number of rotatable bonds is 2. The predicted molar refractivity (Wildman–Crippen MR) is 55.7 cm³/mol. The van der Waals surface area contributed by atoms with Gasteiger partial charge in [-0.05, 0) is 31.0 Å². The summed E-state index contributed by atoms with van der Waals surface area (Å²) in [6.45, 7) is 0.910. The molecule has 1 aliphatic rings. The van der Waals surface area contributed by atoms with Gasteiger partial charge in [0.25, 0.3) is 0 Å². The molecule has 4 nitrogen and oxygen atoms in total. The number of hydrogen-bond donors (Lipinski definition) is 2. The topological polar surface area (TPSA) is 62.2 Å². The van der Waals surface area contributed by atoms with Crippen LogP contribution in [0.25, 0.3) is 0 Å². The van der Waals surface area contributed by atoms with Crippen molar-refractivity contribution in [3.63, 3.8) is 0 Å². The Kier molecular flexibility index (Phi) is 3.14. The van der Waals surface area contributed by atoms with Crippen LogP contribution in [0.15, 0.2) is 12.3 Å². The van der Waals surface area contributed by atoms with Crippen molar-refractivity contribution in [1.29, 1.82) is 0 Å². The lowest BCUT2D eigenvalue weighted by Gasteiger charge is -2.23. The molecule has 0 aromatic carbocycles. The highest BCUT2D eigenvalue weighted by atomic mass is 19.1. The number of carboxylic acid groups (broad SMARTS) is 1. The Morgan fingerprint density at radius 2 is 2.38 bits per heavy atom. The first-order valence-corrected chi connectivity index (χ1v) is 5.30. The van der Waals surface area contributed by atoms with E-state index in [1.54, 1.807) is 0 Å². The van der Waals surface area contributed by atoms with E-state index in [0.29, 0.717) is 0 Å². The van der Waals surface area contributed by atoms with Crippen LogP contribution < -0.4 is 5.32 Å². The number of hydrogen-bond acceptors (Lipinski definition) is 3. The van der Waals surface area contributed by atoms with E-state index in [2.05, 4.69) is 10.3 Å². The van der Waals surface area contributed by atoms with Gasteiger partial charge in [0.05, 0.1) is 0 Å². The second-order valence-electron chi connectivity index (χ2n) is 3.91. The molecule has 0 radical (unpaired) electrons. The Morgan fingerprint density at radius 1 is 1.56 bits per heavy atom. The minimum atomic E-state index is -1.33. The normalized spacial score (nSPS) is 20.7. The molecule has 0 aliphatic carbocycles. The van der Waals surface area contributed by atoms with Crippen molar-refractivity contribution in [2.24, 2.45) is 0 Å². The summed E-state index contributed by atoms with van der Waals surface area (Å²) in [6.07, 6.45) is 4.60. The molecule has 1 aromatic heterocycles. The molecule has 0 saturated carbocycles. The van der Waals surface area contributed by atoms with Crippen LogP contribution in [0.3, 0.4) is 0 Å². The lowest BCUT2D eigenvalue weighted by atomic mass is 9.98. The SMILES string of the molecule is O=C(O)c1ncc(C2CCCCN2)cc1F. The molecule has 1 unspecified atom stereocenters. The number of carboxylic acids is 1. The van der Waals surface area contributed by atoms with Gasteiger partial charge in [-0.3, -0.25) is 0 Å². The van der Waals surface area contributed by atoms with Crippen molar-refractivity contribution in [1.82, 2.24) is 10.3 Å². The third-order valence-electron chi connectivity index (χ3n) is 2.78. The minimum absolute atomic E-state index is 0.0959. The van der Waals surface area contributed by atoms with Crippen molar-refractivity contribution in [2.45, 2.75) is 25.3 Å². The smallest absolute Gasteiger partial charge is 0.357 e. The highest BCUT2D eigenvalue weighted by molar-refractivity contribution is 5.85. The van der Waals surface area contributed by atoms with Crippen molar-refractivity contribution >= 4 is 5.97 Å². The van der Waals surface area contributed by atoms with E-state index in [0.717, 1.165) is 31.4 Å². The van der Waals surface area contributed by atoms with Crippen LogP contribution in [0.5, 0.6) is 0 Å². The van der Waals surface area contributed by atoms with E-state index >= 15 is 0 Å². The van der Waals surface area contributed by atoms with Gasteiger partial charge in [-0.15, -0.1) is 0 Å². The van der Waals surface area contributed by atoms with Crippen LogP contribution in [-0.4, -0.2) is 22.6 Å². The van der Waals surface area contributed by atoms with Crippen molar-refractivity contribution < 1.29 is 14.3 Å². The van der Waals surface area contributed by atoms with E-state index < -0.39 is 17.5 Å². The summed E-state index contributed by atoms with van der Waals surface area (Å²) in [4.78, 5) is 14.2. The monoisotopic (exact) mass is 224 g/mol. The van der Waals surface area contributed by atoms with E-state index in [9.17, 15) is 9.18 Å². The van der Waals surface area contributed by atoms with Gasteiger partial charge >= 0.3 is 5.97 Å². The first kappa shape index (κ1) is 11.0. The molecule has 86 valence electrons. The molecule has 16 heavy (non-hydrogen) atoms. The molecule has 2 heterocycles. The zero-order valence-corrected chi connectivity index (χ0v) is 8.74. The van der Waals surface area contributed by atoms with Crippen LogP contribution in [0, 0.1) is 5.82 Å². The number of nitrogens with one attached hydrogen (secondary N) is 1. The van der Waals surface area contributed by atoms with Gasteiger partial charge in [-0.1, -0.05) is 6.42 Å². The molecule has 1 aliphatic heterocycles. The van der Waals surface area contributed by atoms with Gasteiger partial charge < -0.3 is 10.4 Å². The average Bonchev–Trinajstić information content (AvgIpc) is 2.29. The summed E-state index contributed by atoms with van der Waals surface area (Å²) >= 11 is 0. The van der Waals surface area contributed by atoms with Crippen LogP contribution >= 0.6 is 0 Å². The maximum atomic E-state index is 13.4. The number of carbonyl (C=O) groups is 1. The highest BCUT2D eigenvalue weighted by Crippen LogP contribution is 2.23. The maximum Gasteiger partial charge on any atom is 0.357 e. The molecule has 0 spiro atoms. The minimum Gasteiger partial charge on any atom is -0.476 e. The van der Waals surface area contributed by atoms with Crippen molar-refractivity contribution in [2.75, 3.05) is 6.54 Å². The predicted octanol–water partition coefficient (Wildman–Crippen LogP) is 1.73. The lowest BCUT2D eigenvalue weighted by molar-refractivity contribution is 0.0685. The maximum absolute atomic E-state index is 13.4. The molecule has 1 fully saturated rings. The van der Waals surface area contributed by atoms with Gasteiger partial charge in [-0.25, -0.2) is 14.2 Å². The van der Waals surface area contributed by atoms with E-state index in [1.165, 1.54) is 12.3 Å². The number of pyridine rings is 1. The lowest BCUT2D eigenvalue weighted by Crippen LogP contribution is -2.27. The van der Waals surface area contributed by atoms with Gasteiger partial charge in [0.2, 0.25) is 0 Å². The second kappa shape index (κ2) is 4.57. The number of aromatic carboxylic acids is 1. The molecule has 1 aromatic rings. The first-order chi connectivity index (χ1) is 7.68. The summed E-state index contributed by atoms with van der Waals surface area (Å²) in [5, 5.41) is 11.9. The van der Waals surface area contributed by atoms with E-state index in [1.807, 2.05) is 0 Å². The van der Waals surface area contributed by atoms with Crippen LogP contribution in [-0.2, 0) is 0 Å². The summed E-state index contributed by atoms with van der Waals surface area (Å²) < 4.78 is 13.4. The Hall–Kier alpha value is -1.49. The van der Waals surface area contributed by atoms with Crippen molar-refractivity contribution in [3.8, 4) is 0 Å². The largest absolute Gasteiger partial charge is 0.476 e. The zero-order valence-electron chi connectivity index (χ0n) is 8.74. The van der Waals surface area contributed by atoms with Crippen LogP contribution in [0.4, 0.5) is 4.39 Å². The number of aromatic nitrogens is 1. The van der Waals surface area contributed by atoms with E-state index in [4.69, 9.17) is 5.11 Å². The molecular weight excluding hydrogens is 211 g/mol. The molecule has 0 amide bonds. The Bertz CT molecular complexity index is 403. The third kappa shape index (κ3) is 2.19. The third-order valence-corrected chi connectivity index (χ3v) is 2.78. The van der Waals surface area contributed by atoms with Gasteiger partial charge in [-0.2, -0.15) is 0 Å². The standard InChI is InChI=1S/C11H13FN2O2/c12-8-5-7(6-14-10(8)11(15)16)9-3-1-2-4-13-9/h5-6,9,13H,1-4H2,(H,15,16). The summed E-state index contributed by atoms with van der Waals surface area (Å²) in [5.41, 5.74) is 0.210. The number of nitrogens with zero attached hydrogens (tertiary/aromatic N) is 1. The summed E-state index contributed by atoms with van der Waals surface area (Å²) in [7, 11) is 0. The number of halogens is 1.